The first-order valence-corrected chi connectivity index (χ1v) is 7.98. The zero-order chi connectivity index (χ0) is 16.5. The molecular weight excluding hydrogens is 340 g/mol. The average molecular weight is 349 g/mol. The summed E-state index contributed by atoms with van der Waals surface area (Å²) in [7, 11) is -3.07. The number of rotatable bonds is 5. The van der Waals surface area contributed by atoms with Crippen LogP contribution < -0.4 is 9.46 Å². The van der Waals surface area contributed by atoms with Gasteiger partial charge in [0.05, 0.1) is 18.4 Å². The van der Waals surface area contributed by atoms with Crippen molar-refractivity contribution in [2.45, 2.75) is 4.21 Å². The number of nitrogens with one attached hydrogen (secondary N) is 1. The van der Waals surface area contributed by atoms with Gasteiger partial charge in [0.15, 0.2) is 17.4 Å². The van der Waals surface area contributed by atoms with Gasteiger partial charge in [0, 0.05) is 17.5 Å². The number of methoxy groups -OCH3 is 1. The van der Waals surface area contributed by atoms with Crippen LogP contribution in [0, 0.1) is 11.6 Å². The minimum Gasteiger partial charge on any atom is -0.491 e. The van der Waals surface area contributed by atoms with Crippen LogP contribution in [0.4, 0.5) is 14.5 Å². The van der Waals surface area contributed by atoms with Gasteiger partial charge in [-0.05, 0) is 6.07 Å². The number of benzene rings is 1. The van der Waals surface area contributed by atoms with Crippen LogP contribution in [0.1, 0.15) is 10.4 Å². The number of ether oxygens (including phenoxy) is 1. The van der Waals surface area contributed by atoms with E-state index < -0.39 is 33.4 Å². The number of carbonyl (C=O) groups is 1. The number of anilines is 1. The number of aromatic carboxylic acids is 1. The van der Waals surface area contributed by atoms with Crippen LogP contribution in [-0.4, -0.2) is 26.6 Å². The Kier molecular flexibility index (Phi) is 4.33. The molecule has 0 unspecified atom stereocenters. The summed E-state index contributed by atoms with van der Waals surface area (Å²) in [6.07, 6.45) is 0. The summed E-state index contributed by atoms with van der Waals surface area (Å²) < 4.78 is 57.3. The van der Waals surface area contributed by atoms with Gasteiger partial charge in [0.25, 0.3) is 10.0 Å². The first kappa shape index (κ1) is 16.2. The predicted octanol–water partition coefficient (Wildman–Crippen LogP) is 2.53. The monoisotopic (exact) mass is 349 g/mol. The lowest BCUT2D eigenvalue weighted by molar-refractivity contribution is 0.0697. The van der Waals surface area contributed by atoms with Crippen LogP contribution in [0.3, 0.4) is 0 Å². The maximum Gasteiger partial charge on any atom is 0.336 e. The molecule has 0 amide bonds. The minimum atomic E-state index is -4.15. The first-order chi connectivity index (χ1) is 10.2. The standard InChI is InChI=1S/C12H9F2NO5S2/c1-20-11-8(13)3-7(4-9(11)14)15-22(18,19)10-2-6(5-21-10)12(16)17/h2-5,15H,1H3,(H,16,17). The van der Waals surface area contributed by atoms with Gasteiger partial charge >= 0.3 is 5.97 Å². The Morgan fingerprint density at radius 3 is 2.32 bits per heavy atom. The number of halogens is 2. The van der Waals surface area contributed by atoms with Crippen molar-refractivity contribution in [1.29, 1.82) is 0 Å². The lowest BCUT2D eigenvalue weighted by atomic mass is 10.3. The molecule has 0 bridgehead atoms. The van der Waals surface area contributed by atoms with Crippen LogP contribution in [0.15, 0.2) is 27.8 Å². The molecule has 0 radical (unpaired) electrons. The summed E-state index contributed by atoms with van der Waals surface area (Å²) in [4.78, 5) is 10.7. The molecule has 0 atom stereocenters. The second-order valence-electron chi connectivity index (χ2n) is 4.04. The average Bonchev–Trinajstić information content (AvgIpc) is 2.88. The minimum absolute atomic E-state index is 0.197. The Morgan fingerprint density at radius 1 is 1.27 bits per heavy atom. The molecule has 2 aromatic rings. The Labute approximate surface area is 128 Å². The summed E-state index contributed by atoms with van der Waals surface area (Å²) in [5, 5.41) is 9.91. The van der Waals surface area contributed by atoms with E-state index in [2.05, 4.69) is 4.74 Å². The van der Waals surface area contributed by atoms with Crippen LogP contribution in [-0.2, 0) is 10.0 Å². The predicted molar refractivity (Wildman–Crippen MR) is 75.0 cm³/mol. The SMILES string of the molecule is COc1c(F)cc(NS(=O)(=O)c2cc(C(=O)O)cs2)cc1F. The van der Waals surface area contributed by atoms with E-state index in [9.17, 15) is 22.0 Å². The maximum absolute atomic E-state index is 13.5. The van der Waals surface area contributed by atoms with Crippen LogP contribution in [0.25, 0.3) is 0 Å². The van der Waals surface area contributed by atoms with E-state index in [1.165, 1.54) is 0 Å². The Hall–Kier alpha value is -2.20. The van der Waals surface area contributed by atoms with Crippen molar-refractivity contribution in [2.75, 3.05) is 11.8 Å². The highest BCUT2D eigenvalue weighted by Crippen LogP contribution is 2.28. The van der Waals surface area contributed by atoms with Gasteiger partial charge in [-0.15, -0.1) is 11.3 Å². The molecule has 6 nitrogen and oxygen atoms in total. The molecule has 0 saturated carbocycles. The molecule has 118 valence electrons. The summed E-state index contributed by atoms with van der Waals surface area (Å²) in [6, 6.07) is 2.46. The van der Waals surface area contributed by atoms with Gasteiger partial charge in [-0.3, -0.25) is 4.72 Å². The molecule has 1 aromatic heterocycles. The normalized spacial score (nSPS) is 11.2. The number of hydrogen-bond donors (Lipinski definition) is 2. The topological polar surface area (TPSA) is 92.7 Å². The van der Waals surface area contributed by atoms with Crippen molar-refractivity contribution in [3.05, 3.63) is 40.8 Å². The van der Waals surface area contributed by atoms with Crippen molar-refractivity contribution < 1.29 is 31.8 Å². The second kappa shape index (κ2) is 5.89. The third-order valence-electron chi connectivity index (χ3n) is 2.54. The van der Waals surface area contributed by atoms with Crippen molar-refractivity contribution >= 4 is 33.0 Å². The fourth-order valence-corrected chi connectivity index (χ4v) is 3.78. The highest BCUT2D eigenvalue weighted by atomic mass is 32.2. The number of thiophene rings is 1. The van der Waals surface area contributed by atoms with Crippen molar-refractivity contribution in [3.8, 4) is 5.75 Å². The smallest absolute Gasteiger partial charge is 0.336 e. The van der Waals surface area contributed by atoms with E-state index in [-0.39, 0.29) is 15.5 Å². The van der Waals surface area contributed by atoms with Gasteiger partial charge in [-0.1, -0.05) is 0 Å². The fourth-order valence-electron chi connectivity index (χ4n) is 1.59. The number of hydrogen-bond acceptors (Lipinski definition) is 5. The van der Waals surface area contributed by atoms with E-state index in [0.29, 0.717) is 11.3 Å². The van der Waals surface area contributed by atoms with Gasteiger partial charge in [0.1, 0.15) is 4.21 Å². The molecule has 2 rings (SSSR count). The summed E-state index contributed by atoms with van der Waals surface area (Å²) in [5.41, 5.74) is -0.543. The Morgan fingerprint density at radius 2 is 1.86 bits per heavy atom. The summed E-state index contributed by atoms with van der Waals surface area (Å²) in [6.45, 7) is 0. The summed E-state index contributed by atoms with van der Waals surface area (Å²) in [5.74, 6) is -4.05. The zero-order valence-corrected chi connectivity index (χ0v) is 12.6. The number of sulfonamides is 1. The number of carboxylic acid groups (broad SMARTS) is 1. The van der Waals surface area contributed by atoms with Gasteiger partial charge in [-0.2, -0.15) is 0 Å². The molecule has 0 aliphatic heterocycles. The van der Waals surface area contributed by atoms with Crippen molar-refractivity contribution in [1.82, 2.24) is 0 Å². The highest BCUT2D eigenvalue weighted by molar-refractivity contribution is 7.94. The lowest BCUT2D eigenvalue weighted by Gasteiger charge is -2.09. The molecule has 10 heteroatoms. The molecule has 0 aliphatic carbocycles. The van der Waals surface area contributed by atoms with E-state index in [4.69, 9.17) is 5.11 Å². The molecule has 1 heterocycles. The molecular formula is C12H9F2NO5S2. The summed E-state index contributed by atoms with van der Waals surface area (Å²) >= 11 is 0.677. The largest absolute Gasteiger partial charge is 0.491 e. The molecule has 0 aliphatic rings. The van der Waals surface area contributed by atoms with Gasteiger partial charge in [0.2, 0.25) is 0 Å². The van der Waals surface area contributed by atoms with E-state index in [1.54, 1.807) is 0 Å². The van der Waals surface area contributed by atoms with Crippen LogP contribution >= 0.6 is 11.3 Å². The second-order valence-corrected chi connectivity index (χ2v) is 6.86. The fraction of sp³-hybridized carbons (Fsp3) is 0.0833. The highest BCUT2D eigenvalue weighted by Gasteiger charge is 2.21. The van der Waals surface area contributed by atoms with E-state index >= 15 is 0 Å². The Bertz CT molecular complexity index is 809. The first-order valence-electron chi connectivity index (χ1n) is 5.62. The van der Waals surface area contributed by atoms with E-state index in [0.717, 1.165) is 30.7 Å². The Balaban J connectivity index is 2.34. The maximum atomic E-state index is 13.5. The van der Waals surface area contributed by atoms with Gasteiger partial charge < -0.3 is 9.84 Å². The molecule has 0 fully saturated rings. The molecule has 1 aromatic carbocycles. The van der Waals surface area contributed by atoms with E-state index in [1.807, 2.05) is 4.72 Å². The zero-order valence-electron chi connectivity index (χ0n) is 11.0. The number of carboxylic acids is 1. The lowest BCUT2D eigenvalue weighted by Crippen LogP contribution is -2.12. The van der Waals surface area contributed by atoms with Crippen LogP contribution in [0.5, 0.6) is 5.75 Å². The third-order valence-corrected chi connectivity index (χ3v) is 5.36. The van der Waals surface area contributed by atoms with Crippen molar-refractivity contribution in [2.24, 2.45) is 0 Å². The van der Waals surface area contributed by atoms with Crippen LogP contribution in [0.2, 0.25) is 0 Å². The molecule has 0 spiro atoms. The third kappa shape index (κ3) is 3.17. The molecule has 0 saturated heterocycles. The van der Waals surface area contributed by atoms with Gasteiger partial charge in [-0.25, -0.2) is 22.0 Å². The molecule has 2 N–H and O–H groups in total. The van der Waals surface area contributed by atoms with Crippen molar-refractivity contribution in [3.63, 3.8) is 0 Å². The quantitative estimate of drug-likeness (QED) is 0.865. The molecule has 22 heavy (non-hydrogen) atoms.